The number of nitrogens with zero attached hydrogens (tertiary/aromatic N) is 3. The number of imide groups is 1. The fraction of sp³-hybridized carbons (Fsp3) is 0.375. The minimum Gasteiger partial charge on any atom is -0.481 e. The molecule has 9 heteroatoms. The van der Waals surface area contributed by atoms with Crippen LogP contribution in [0.1, 0.15) is 54.5 Å². The molecule has 33 heavy (non-hydrogen) atoms. The van der Waals surface area contributed by atoms with E-state index in [-0.39, 0.29) is 12.5 Å². The van der Waals surface area contributed by atoms with Gasteiger partial charge in [0, 0.05) is 11.8 Å². The van der Waals surface area contributed by atoms with Crippen LogP contribution in [0.3, 0.4) is 0 Å². The standard InChI is InChI=1S/C24H29N5O4/c1-7-33-24(31)27-22(30)21(12-25)29-28-18-8-15(4)20(16(5)9-18)11-17-10-19(14(2)3)23(32-6)26-13-17/h8-10,13-14,28H,7,11H2,1-6H3,(H,27,30,31). The molecular formula is C24H29N5O4. The van der Waals surface area contributed by atoms with Crippen LogP contribution < -0.4 is 15.5 Å². The molecule has 2 rings (SSSR count). The molecule has 1 heterocycles. The van der Waals surface area contributed by atoms with Gasteiger partial charge in [0.15, 0.2) is 0 Å². The lowest BCUT2D eigenvalue weighted by molar-refractivity contribution is -0.114. The van der Waals surface area contributed by atoms with Crippen LogP contribution in [0.25, 0.3) is 0 Å². The SMILES string of the molecule is CCOC(=O)NC(=O)C(C#N)=NNc1cc(C)c(Cc2cnc(OC)c(C(C)C)c2)c(C)c1. The predicted molar refractivity (Wildman–Crippen MR) is 125 cm³/mol. The molecule has 0 unspecified atom stereocenters. The third-order valence-electron chi connectivity index (χ3n) is 4.94. The molecule has 0 aliphatic carbocycles. The number of nitriles is 1. The van der Waals surface area contributed by atoms with E-state index in [4.69, 9.17) is 4.74 Å². The van der Waals surface area contributed by atoms with Gasteiger partial charge in [-0.1, -0.05) is 13.8 Å². The number of carbonyl (C=O) groups is 2. The fourth-order valence-electron chi connectivity index (χ4n) is 3.30. The Morgan fingerprint density at radius 2 is 1.88 bits per heavy atom. The van der Waals surface area contributed by atoms with E-state index in [1.54, 1.807) is 20.1 Å². The van der Waals surface area contributed by atoms with Crippen molar-refractivity contribution in [3.8, 4) is 11.9 Å². The predicted octanol–water partition coefficient (Wildman–Crippen LogP) is 3.99. The molecule has 174 valence electrons. The number of carbonyl (C=O) groups excluding carboxylic acids is 2. The summed E-state index contributed by atoms with van der Waals surface area (Å²) in [7, 11) is 1.62. The molecule has 0 aliphatic rings. The molecule has 2 N–H and O–H groups in total. The zero-order chi connectivity index (χ0) is 24.5. The highest BCUT2D eigenvalue weighted by Crippen LogP contribution is 2.28. The van der Waals surface area contributed by atoms with Gasteiger partial charge in [-0.05, 0) is 73.6 Å². The van der Waals surface area contributed by atoms with Crippen molar-refractivity contribution >= 4 is 23.4 Å². The summed E-state index contributed by atoms with van der Waals surface area (Å²) in [6.45, 7) is 9.87. The Morgan fingerprint density at radius 3 is 2.42 bits per heavy atom. The summed E-state index contributed by atoms with van der Waals surface area (Å²) in [6, 6.07) is 7.54. The molecular weight excluding hydrogens is 422 g/mol. The van der Waals surface area contributed by atoms with Crippen molar-refractivity contribution in [3.63, 3.8) is 0 Å². The van der Waals surface area contributed by atoms with Gasteiger partial charge in [0.05, 0.1) is 19.4 Å². The number of ether oxygens (including phenoxy) is 2. The van der Waals surface area contributed by atoms with Gasteiger partial charge < -0.3 is 9.47 Å². The van der Waals surface area contributed by atoms with Crippen LogP contribution in [0.5, 0.6) is 5.88 Å². The van der Waals surface area contributed by atoms with Crippen LogP contribution in [0, 0.1) is 25.2 Å². The fourth-order valence-corrected chi connectivity index (χ4v) is 3.30. The van der Waals surface area contributed by atoms with E-state index in [0.717, 1.165) is 27.8 Å². The van der Waals surface area contributed by atoms with E-state index in [9.17, 15) is 14.9 Å². The quantitative estimate of drug-likeness (QED) is 0.459. The Morgan fingerprint density at radius 1 is 1.21 bits per heavy atom. The average Bonchev–Trinajstić information content (AvgIpc) is 2.76. The first kappa shape index (κ1) is 25.3. The second-order valence-electron chi connectivity index (χ2n) is 7.72. The molecule has 0 fully saturated rings. The van der Waals surface area contributed by atoms with Crippen LogP contribution in [0.2, 0.25) is 0 Å². The first-order valence-electron chi connectivity index (χ1n) is 10.5. The molecule has 9 nitrogen and oxygen atoms in total. The number of hydrogen-bond acceptors (Lipinski definition) is 8. The third-order valence-corrected chi connectivity index (χ3v) is 4.94. The normalized spacial score (nSPS) is 11.0. The monoisotopic (exact) mass is 451 g/mol. The van der Waals surface area contributed by atoms with Gasteiger partial charge in [0.1, 0.15) is 6.07 Å². The second kappa shape index (κ2) is 11.6. The van der Waals surface area contributed by atoms with Crippen molar-refractivity contribution in [2.45, 2.75) is 47.0 Å². The zero-order valence-corrected chi connectivity index (χ0v) is 19.8. The van der Waals surface area contributed by atoms with Crippen molar-refractivity contribution in [2.24, 2.45) is 5.10 Å². The summed E-state index contributed by atoms with van der Waals surface area (Å²) >= 11 is 0. The van der Waals surface area contributed by atoms with E-state index in [1.165, 1.54) is 0 Å². The maximum absolute atomic E-state index is 12.0. The van der Waals surface area contributed by atoms with Gasteiger partial charge in [-0.3, -0.25) is 15.5 Å². The van der Waals surface area contributed by atoms with Gasteiger partial charge in [-0.15, -0.1) is 0 Å². The number of amides is 2. The minimum atomic E-state index is -0.943. The summed E-state index contributed by atoms with van der Waals surface area (Å²) in [5.41, 5.74) is 8.15. The molecule has 2 aromatic rings. The molecule has 0 bridgehead atoms. The van der Waals surface area contributed by atoms with Gasteiger partial charge in [0.25, 0.3) is 5.91 Å². The summed E-state index contributed by atoms with van der Waals surface area (Å²) in [6.07, 6.45) is 1.58. The summed E-state index contributed by atoms with van der Waals surface area (Å²) in [5, 5.41) is 15.0. The lowest BCUT2D eigenvalue weighted by Crippen LogP contribution is -2.36. The maximum atomic E-state index is 12.0. The van der Waals surface area contributed by atoms with Gasteiger partial charge in [-0.2, -0.15) is 10.4 Å². The zero-order valence-electron chi connectivity index (χ0n) is 19.8. The van der Waals surface area contributed by atoms with Crippen molar-refractivity contribution < 1.29 is 19.1 Å². The Hall–Kier alpha value is -3.93. The largest absolute Gasteiger partial charge is 0.481 e. The number of rotatable bonds is 8. The van der Waals surface area contributed by atoms with E-state index < -0.39 is 17.7 Å². The number of hydrogen-bond donors (Lipinski definition) is 2. The molecule has 1 aromatic carbocycles. The third kappa shape index (κ3) is 6.77. The number of aromatic nitrogens is 1. The van der Waals surface area contributed by atoms with Crippen molar-refractivity contribution in [1.29, 1.82) is 5.26 Å². The maximum Gasteiger partial charge on any atom is 0.414 e. The van der Waals surface area contributed by atoms with E-state index in [2.05, 4.69) is 40.2 Å². The van der Waals surface area contributed by atoms with Crippen LogP contribution in [0.4, 0.5) is 10.5 Å². The smallest absolute Gasteiger partial charge is 0.414 e. The Labute approximate surface area is 193 Å². The van der Waals surface area contributed by atoms with Crippen LogP contribution >= 0.6 is 0 Å². The molecule has 0 spiro atoms. The summed E-state index contributed by atoms with van der Waals surface area (Å²) in [4.78, 5) is 27.8. The Kier molecular flexibility index (Phi) is 8.92. The topological polar surface area (TPSA) is 126 Å². The molecule has 1 aromatic heterocycles. The molecule has 0 radical (unpaired) electrons. The van der Waals surface area contributed by atoms with Crippen molar-refractivity contribution in [2.75, 3.05) is 19.1 Å². The second-order valence-corrected chi connectivity index (χ2v) is 7.72. The van der Waals surface area contributed by atoms with E-state index in [0.29, 0.717) is 18.0 Å². The van der Waals surface area contributed by atoms with Gasteiger partial charge >= 0.3 is 6.09 Å². The molecule has 0 saturated heterocycles. The lowest BCUT2D eigenvalue weighted by Gasteiger charge is -2.15. The van der Waals surface area contributed by atoms with Gasteiger partial charge in [0.2, 0.25) is 11.6 Å². The number of alkyl carbamates (subject to hydrolysis) is 1. The van der Waals surface area contributed by atoms with E-state index >= 15 is 0 Å². The van der Waals surface area contributed by atoms with Crippen molar-refractivity contribution in [3.05, 3.63) is 52.2 Å². The Balaban J connectivity index is 2.21. The number of hydrazone groups is 1. The summed E-state index contributed by atoms with van der Waals surface area (Å²) in [5.74, 6) is -0.0178. The van der Waals surface area contributed by atoms with Crippen molar-refractivity contribution in [1.82, 2.24) is 10.3 Å². The highest BCUT2D eigenvalue weighted by atomic mass is 16.5. The summed E-state index contributed by atoms with van der Waals surface area (Å²) < 4.78 is 10.0. The number of anilines is 1. The highest BCUT2D eigenvalue weighted by Gasteiger charge is 2.16. The number of pyridine rings is 1. The molecule has 2 amide bonds. The van der Waals surface area contributed by atoms with Crippen LogP contribution in [-0.2, 0) is 16.0 Å². The van der Waals surface area contributed by atoms with Crippen LogP contribution in [0.15, 0.2) is 29.5 Å². The number of nitrogens with one attached hydrogen (secondary N) is 2. The first-order valence-corrected chi connectivity index (χ1v) is 10.5. The number of methoxy groups -OCH3 is 1. The lowest BCUT2D eigenvalue weighted by atomic mass is 9.94. The number of aryl methyl sites for hydroxylation is 2. The first-order chi connectivity index (χ1) is 15.7. The molecule has 0 saturated carbocycles. The minimum absolute atomic E-state index is 0.104. The van der Waals surface area contributed by atoms with Gasteiger partial charge in [-0.25, -0.2) is 9.78 Å². The average molecular weight is 452 g/mol. The molecule has 0 aliphatic heterocycles. The molecule has 0 atom stereocenters. The number of benzene rings is 1. The Bertz CT molecular complexity index is 1080. The van der Waals surface area contributed by atoms with Crippen LogP contribution in [-0.4, -0.2) is 36.4 Å². The highest BCUT2D eigenvalue weighted by molar-refractivity contribution is 6.46. The van der Waals surface area contributed by atoms with E-state index in [1.807, 2.05) is 37.5 Å².